The lowest BCUT2D eigenvalue weighted by Crippen LogP contribution is -2.53. The molecule has 0 bridgehead atoms. The summed E-state index contributed by atoms with van der Waals surface area (Å²) in [5, 5.41) is 11.0. The molecule has 1 heterocycles. The van der Waals surface area contributed by atoms with Gasteiger partial charge in [-0.3, -0.25) is 10.1 Å². The molecule has 1 aliphatic rings. The highest BCUT2D eigenvalue weighted by Gasteiger charge is 2.41. The summed E-state index contributed by atoms with van der Waals surface area (Å²) in [7, 11) is -4.06. The van der Waals surface area contributed by atoms with Gasteiger partial charge in [0, 0.05) is 25.2 Å². The topological polar surface area (TPSA) is 107 Å². The molecule has 1 unspecified atom stereocenters. The minimum Gasteiger partial charge on any atom is -0.327 e. The first kappa shape index (κ1) is 17.1. The second-order valence-electron chi connectivity index (χ2n) is 6.07. The maximum atomic E-state index is 12.8. The van der Waals surface area contributed by atoms with E-state index in [0.717, 1.165) is 6.07 Å². The highest BCUT2D eigenvalue weighted by molar-refractivity contribution is 7.89. The summed E-state index contributed by atoms with van der Waals surface area (Å²) in [5.41, 5.74) is 5.08. The Hall–Kier alpha value is -1.22. The lowest BCUT2D eigenvalue weighted by molar-refractivity contribution is -0.387. The first-order valence-corrected chi connectivity index (χ1v) is 8.58. The van der Waals surface area contributed by atoms with E-state index in [2.05, 4.69) is 0 Å². The van der Waals surface area contributed by atoms with Crippen molar-refractivity contribution in [2.24, 2.45) is 11.1 Å². The van der Waals surface area contributed by atoms with Crippen LogP contribution in [0.15, 0.2) is 23.1 Å². The molecule has 1 aliphatic heterocycles. The van der Waals surface area contributed by atoms with E-state index in [9.17, 15) is 18.5 Å². The van der Waals surface area contributed by atoms with Crippen molar-refractivity contribution in [1.29, 1.82) is 0 Å². The van der Waals surface area contributed by atoms with Crippen molar-refractivity contribution in [1.82, 2.24) is 4.31 Å². The summed E-state index contributed by atoms with van der Waals surface area (Å²) in [6.07, 6.45) is 0.491. The number of piperidine rings is 1. The Labute approximate surface area is 134 Å². The van der Waals surface area contributed by atoms with Crippen molar-refractivity contribution in [2.45, 2.75) is 31.2 Å². The van der Waals surface area contributed by atoms with Crippen LogP contribution in [0.5, 0.6) is 0 Å². The molecule has 0 aliphatic carbocycles. The minimum atomic E-state index is -4.06. The van der Waals surface area contributed by atoms with Crippen LogP contribution >= 0.6 is 11.6 Å². The quantitative estimate of drug-likeness (QED) is 0.664. The lowest BCUT2D eigenvalue weighted by atomic mass is 9.81. The predicted octanol–water partition coefficient (Wildman–Crippen LogP) is 2.00. The van der Waals surface area contributed by atoms with Crippen molar-refractivity contribution in [3.05, 3.63) is 33.3 Å². The largest absolute Gasteiger partial charge is 0.327 e. The van der Waals surface area contributed by atoms with Crippen LogP contribution in [0.4, 0.5) is 5.69 Å². The second-order valence-corrected chi connectivity index (χ2v) is 8.35. The smallest absolute Gasteiger partial charge is 0.290 e. The van der Waals surface area contributed by atoms with Crippen LogP contribution in [0.1, 0.15) is 20.3 Å². The fraction of sp³-hybridized carbons (Fsp3) is 0.538. The third-order valence-electron chi connectivity index (χ3n) is 4.02. The molecular formula is C13H18ClN3O4S. The molecule has 0 radical (unpaired) electrons. The average molecular weight is 348 g/mol. The molecule has 22 heavy (non-hydrogen) atoms. The van der Waals surface area contributed by atoms with E-state index >= 15 is 0 Å². The van der Waals surface area contributed by atoms with Gasteiger partial charge in [-0.25, -0.2) is 8.42 Å². The number of rotatable bonds is 3. The Bertz CT molecular complexity index is 705. The molecule has 0 spiro atoms. The number of nitrogens with two attached hydrogens (primary N) is 1. The number of nitro benzene ring substituents is 1. The first-order valence-electron chi connectivity index (χ1n) is 6.76. The zero-order chi connectivity index (χ0) is 16.7. The SMILES string of the molecule is CC1(C)CN(S(=O)(=O)c2c(Cl)cccc2[N+](=O)[O-])CCC1N. The molecule has 7 nitrogen and oxygen atoms in total. The number of hydrogen-bond acceptors (Lipinski definition) is 5. The third kappa shape index (κ3) is 2.96. The summed E-state index contributed by atoms with van der Waals surface area (Å²) in [4.78, 5) is 9.94. The van der Waals surface area contributed by atoms with Crippen molar-refractivity contribution >= 4 is 27.3 Å². The predicted molar refractivity (Wildman–Crippen MR) is 83.2 cm³/mol. The molecule has 1 aromatic carbocycles. The highest BCUT2D eigenvalue weighted by Crippen LogP contribution is 2.37. The Morgan fingerprint density at radius 1 is 1.45 bits per heavy atom. The molecule has 1 fully saturated rings. The summed E-state index contributed by atoms with van der Waals surface area (Å²) >= 11 is 5.94. The third-order valence-corrected chi connectivity index (χ3v) is 6.38. The Balaban J connectivity index is 2.51. The van der Waals surface area contributed by atoms with Gasteiger partial charge < -0.3 is 5.73 Å². The van der Waals surface area contributed by atoms with E-state index in [1.165, 1.54) is 16.4 Å². The van der Waals surface area contributed by atoms with Gasteiger partial charge in [0.2, 0.25) is 0 Å². The molecule has 2 rings (SSSR count). The molecule has 1 aromatic rings. The van der Waals surface area contributed by atoms with E-state index in [-0.39, 0.29) is 24.2 Å². The van der Waals surface area contributed by atoms with Crippen molar-refractivity contribution < 1.29 is 13.3 Å². The van der Waals surface area contributed by atoms with Gasteiger partial charge in [-0.1, -0.05) is 31.5 Å². The standard InChI is InChI=1S/C13H18ClN3O4S/c1-13(2)8-16(7-6-11(13)15)22(20,21)12-9(14)4-3-5-10(12)17(18)19/h3-5,11H,6-8,15H2,1-2H3. The number of halogens is 1. The highest BCUT2D eigenvalue weighted by atomic mass is 35.5. The molecule has 1 saturated heterocycles. The second kappa shape index (κ2) is 5.77. The van der Waals surface area contributed by atoms with E-state index in [0.29, 0.717) is 6.42 Å². The fourth-order valence-electron chi connectivity index (χ4n) is 2.56. The van der Waals surface area contributed by atoms with Gasteiger partial charge in [0.25, 0.3) is 15.7 Å². The molecule has 1 atom stereocenters. The van der Waals surface area contributed by atoms with E-state index in [4.69, 9.17) is 17.3 Å². The van der Waals surface area contributed by atoms with Gasteiger partial charge in [-0.05, 0) is 17.9 Å². The summed E-state index contributed by atoms with van der Waals surface area (Å²) in [6, 6.07) is 3.71. The van der Waals surface area contributed by atoms with Crippen LogP contribution in [0, 0.1) is 15.5 Å². The fourth-order valence-corrected chi connectivity index (χ4v) is 4.85. The summed E-state index contributed by atoms with van der Waals surface area (Å²) in [6.45, 7) is 4.16. The van der Waals surface area contributed by atoms with Crippen LogP contribution in [-0.2, 0) is 10.0 Å². The summed E-state index contributed by atoms with van der Waals surface area (Å²) < 4.78 is 26.9. The van der Waals surface area contributed by atoms with Crippen LogP contribution in [-0.4, -0.2) is 36.8 Å². The van der Waals surface area contributed by atoms with Crippen molar-refractivity contribution in [3.8, 4) is 0 Å². The maximum absolute atomic E-state index is 12.8. The van der Waals surface area contributed by atoms with E-state index < -0.39 is 30.9 Å². The normalized spacial score (nSPS) is 22.5. The van der Waals surface area contributed by atoms with Gasteiger partial charge >= 0.3 is 0 Å². The number of nitrogens with zero attached hydrogens (tertiary/aromatic N) is 2. The van der Waals surface area contributed by atoms with Crippen LogP contribution < -0.4 is 5.73 Å². The number of nitro groups is 1. The molecular weight excluding hydrogens is 330 g/mol. The van der Waals surface area contributed by atoms with Crippen LogP contribution in [0.3, 0.4) is 0 Å². The number of benzene rings is 1. The number of hydrogen-bond donors (Lipinski definition) is 1. The molecule has 0 aromatic heterocycles. The van der Waals surface area contributed by atoms with Gasteiger partial charge in [-0.15, -0.1) is 0 Å². The Morgan fingerprint density at radius 2 is 2.09 bits per heavy atom. The van der Waals surface area contributed by atoms with Gasteiger partial charge in [0.1, 0.15) is 0 Å². The maximum Gasteiger partial charge on any atom is 0.290 e. The van der Waals surface area contributed by atoms with Gasteiger partial charge in [-0.2, -0.15) is 4.31 Å². The van der Waals surface area contributed by atoms with Crippen molar-refractivity contribution in [3.63, 3.8) is 0 Å². The molecule has 2 N–H and O–H groups in total. The first-order chi connectivity index (χ1) is 10.1. The Morgan fingerprint density at radius 3 is 2.64 bits per heavy atom. The van der Waals surface area contributed by atoms with Gasteiger partial charge in [0.05, 0.1) is 9.95 Å². The van der Waals surface area contributed by atoms with Gasteiger partial charge in [0.15, 0.2) is 4.90 Å². The lowest BCUT2D eigenvalue weighted by Gasteiger charge is -2.41. The minimum absolute atomic E-state index is 0.125. The van der Waals surface area contributed by atoms with E-state index in [1.54, 1.807) is 0 Å². The van der Waals surface area contributed by atoms with Crippen LogP contribution in [0.25, 0.3) is 0 Å². The average Bonchev–Trinajstić information content (AvgIpc) is 2.40. The van der Waals surface area contributed by atoms with Crippen LogP contribution in [0.2, 0.25) is 5.02 Å². The van der Waals surface area contributed by atoms with E-state index in [1.807, 2.05) is 13.8 Å². The molecule has 122 valence electrons. The molecule has 0 saturated carbocycles. The molecule has 9 heteroatoms. The monoisotopic (exact) mass is 347 g/mol. The summed E-state index contributed by atoms with van der Waals surface area (Å²) in [5.74, 6) is 0. The molecule has 0 amide bonds. The zero-order valence-electron chi connectivity index (χ0n) is 12.3. The number of sulfonamides is 1. The Kier molecular flexibility index (Phi) is 4.49. The zero-order valence-corrected chi connectivity index (χ0v) is 13.9. The van der Waals surface area contributed by atoms with Crippen molar-refractivity contribution in [2.75, 3.05) is 13.1 Å².